The van der Waals surface area contributed by atoms with Gasteiger partial charge in [-0.05, 0) is 23.8 Å². The van der Waals surface area contributed by atoms with Gasteiger partial charge in [0.15, 0.2) is 5.76 Å². The largest absolute Gasteiger partial charge is 0.458 e. The summed E-state index contributed by atoms with van der Waals surface area (Å²) in [6, 6.07) is 10.1. The number of benzene rings is 1. The molecule has 1 aliphatic heterocycles. The molecule has 1 amide bonds. The van der Waals surface area contributed by atoms with Crippen LogP contribution in [0.4, 0.5) is 13.6 Å². The van der Waals surface area contributed by atoms with Crippen molar-refractivity contribution in [2.24, 2.45) is 0 Å². The van der Waals surface area contributed by atoms with E-state index in [0.717, 1.165) is 6.08 Å². The molecule has 3 aromatic rings. The summed E-state index contributed by atoms with van der Waals surface area (Å²) in [5, 5.41) is 23.5. The summed E-state index contributed by atoms with van der Waals surface area (Å²) in [6.45, 7) is 0.360. The zero-order valence-corrected chi connectivity index (χ0v) is 16.9. The molecular weight excluding hydrogens is 424 g/mol. The number of nitrogens with one attached hydrogen (secondary N) is 1. The first kappa shape index (κ1) is 21.6. The number of carbonyl (C=O) groups excluding carboxylic acids is 1. The van der Waals surface area contributed by atoms with E-state index in [2.05, 4.69) is 20.6 Å². The Morgan fingerprint density at radius 2 is 2.09 bits per heavy atom. The molecule has 2 N–H and O–H groups in total. The molecule has 32 heavy (non-hydrogen) atoms. The number of H-pyrrole nitrogens is 1. The maximum absolute atomic E-state index is 14.5. The highest BCUT2D eigenvalue weighted by atomic mass is 19.3. The second-order valence-corrected chi connectivity index (χ2v) is 7.26. The number of furan rings is 1. The lowest BCUT2D eigenvalue weighted by Crippen LogP contribution is -2.34. The van der Waals surface area contributed by atoms with Crippen LogP contribution >= 0.6 is 0 Å². The van der Waals surface area contributed by atoms with E-state index in [1.807, 2.05) is 0 Å². The van der Waals surface area contributed by atoms with Crippen LogP contribution in [0.5, 0.6) is 0 Å². The number of rotatable bonds is 9. The summed E-state index contributed by atoms with van der Waals surface area (Å²) in [5.74, 6) is -1.96. The van der Waals surface area contributed by atoms with Crippen LogP contribution in [-0.4, -0.2) is 62.0 Å². The van der Waals surface area contributed by atoms with Gasteiger partial charge in [-0.1, -0.05) is 42.5 Å². The molecule has 2 atom stereocenters. The molecule has 1 aromatic carbocycles. The van der Waals surface area contributed by atoms with E-state index in [9.17, 15) is 18.7 Å². The number of aliphatic hydroxyl groups excluding tert-OH is 1. The summed E-state index contributed by atoms with van der Waals surface area (Å²) < 4.78 is 39.6. The minimum Gasteiger partial charge on any atom is -0.458 e. The van der Waals surface area contributed by atoms with Crippen molar-refractivity contribution in [3.8, 4) is 11.6 Å². The van der Waals surface area contributed by atoms with Gasteiger partial charge in [-0.15, -0.1) is 10.2 Å². The van der Waals surface area contributed by atoms with Crippen molar-refractivity contribution in [1.82, 2.24) is 25.5 Å². The number of amides is 1. The predicted octanol–water partition coefficient (Wildman–Crippen LogP) is 2.92. The normalized spacial score (nSPS) is 17.8. The quantitative estimate of drug-likeness (QED) is 0.486. The molecular formula is C21H21F2N5O4. The Kier molecular flexibility index (Phi) is 6.26. The molecule has 1 fully saturated rings. The van der Waals surface area contributed by atoms with Crippen molar-refractivity contribution in [1.29, 1.82) is 0 Å². The maximum atomic E-state index is 14.5. The molecule has 11 heteroatoms. The number of aromatic amines is 1. The van der Waals surface area contributed by atoms with Gasteiger partial charge in [0.2, 0.25) is 5.82 Å². The Bertz CT molecular complexity index is 1060. The highest BCUT2D eigenvalue weighted by Crippen LogP contribution is 2.32. The zero-order valence-electron chi connectivity index (χ0n) is 16.9. The lowest BCUT2D eigenvalue weighted by atomic mass is 10.0. The SMILES string of the molecule is O=C1OCC(C=CC(O)C(F)(F)c2ccccc2)N1CCCc1ccc(-c2nn[nH]n2)o1. The summed E-state index contributed by atoms with van der Waals surface area (Å²) in [7, 11) is 0. The van der Waals surface area contributed by atoms with Gasteiger partial charge in [-0.25, -0.2) is 4.79 Å². The summed E-state index contributed by atoms with van der Waals surface area (Å²) in [5.41, 5.74) is -0.286. The third-order valence-electron chi connectivity index (χ3n) is 5.11. The number of alkyl halides is 2. The van der Waals surface area contributed by atoms with Gasteiger partial charge in [0.05, 0.1) is 6.04 Å². The molecule has 0 aliphatic carbocycles. The number of halogens is 2. The number of carbonyl (C=O) groups is 1. The van der Waals surface area contributed by atoms with Crippen LogP contribution in [0.2, 0.25) is 0 Å². The number of hydrogen-bond donors (Lipinski definition) is 2. The Morgan fingerprint density at radius 1 is 1.28 bits per heavy atom. The molecule has 3 heterocycles. The lowest BCUT2D eigenvalue weighted by molar-refractivity contribution is -0.0929. The van der Waals surface area contributed by atoms with Crippen molar-refractivity contribution in [3.63, 3.8) is 0 Å². The second-order valence-electron chi connectivity index (χ2n) is 7.26. The maximum Gasteiger partial charge on any atom is 0.410 e. The number of hydrogen-bond acceptors (Lipinski definition) is 7. The monoisotopic (exact) mass is 445 g/mol. The van der Waals surface area contributed by atoms with Gasteiger partial charge in [0.25, 0.3) is 0 Å². The Labute approximate surface area is 181 Å². The van der Waals surface area contributed by atoms with Gasteiger partial charge in [-0.2, -0.15) is 14.0 Å². The Hall–Kier alpha value is -3.60. The molecule has 1 saturated heterocycles. The first-order valence-corrected chi connectivity index (χ1v) is 10.0. The fraction of sp³-hybridized carbons (Fsp3) is 0.333. The Morgan fingerprint density at radius 3 is 2.84 bits per heavy atom. The van der Waals surface area contributed by atoms with E-state index < -0.39 is 24.2 Å². The number of ether oxygens (including phenoxy) is 1. The first-order valence-electron chi connectivity index (χ1n) is 10.0. The van der Waals surface area contributed by atoms with E-state index in [1.165, 1.54) is 35.2 Å². The summed E-state index contributed by atoms with van der Waals surface area (Å²) in [4.78, 5) is 13.5. The van der Waals surface area contributed by atoms with E-state index in [-0.39, 0.29) is 12.2 Å². The average molecular weight is 445 g/mol. The van der Waals surface area contributed by atoms with Crippen LogP contribution in [0.3, 0.4) is 0 Å². The average Bonchev–Trinajstić information content (AvgIpc) is 3.55. The number of nitrogens with zero attached hydrogens (tertiary/aromatic N) is 4. The third-order valence-corrected chi connectivity index (χ3v) is 5.11. The van der Waals surface area contributed by atoms with Crippen LogP contribution < -0.4 is 0 Å². The molecule has 0 radical (unpaired) electrons. The van der Waals surface area contributed by atoms with Crippen LogP contribution in [0.15, 0.2) is 59.0 Å². The number of tetrazole rings is 1. The molecule has 2 unspecified atom stereocenters. The fourth-order valence-electron chi connectivity index (χ4n) is 3.39. The second kappa shape index (κ2) is 9.27. The number of aryl methyl sites for hydroxylation is 1. The molecule has 0 bridgehead atoms. The summed E-state index contributed by atoms with van der Waals surface area (Å²) >= 11 is 0. The van der Waals surface area contributed by atoms with Crippen molar-refractivity contribution in [2.75, 3.05) is 13.2 Å². The van der Waals surface area contributed by atoms with E-state index >= 15 is 0 Å². The van der Waals surface area contributed by atoms with E-state index in [4.69, 9.17) is 9.15 Å². The smallest absolute Gasteiger partial charge is 0.410 e. The van der Waals surface area contributed by atoms with E-state index in [1.54, 1.807) is 18.2 Å². The molecule has 168 valence electrons. The highest BCUT2D eigenvalue weighted by Gasteiger charge is 2.39. The van der Waals surface area contributed by atoms with Crippen LogP contribution in [0, 0.1) is 0 Å². The van der Waals surface area contributed by atoms with Gasteiger partial charge >= 0.3 is 12.0 Å². The number of aliphatic hydroxyl groups is 1. The van der Waals surface area contributed by atoms with Crippen LogP contribution in [0.25, 0.3) is 11.6 Å². The fourth-order valence-corrected chi connectivity index (χ4v) is 3.39. The molecule has 0 saturated carbocycles. The number of aromatic nitrogens is 4. The predicted molar refractivity (Wildman–Crippen MR) is 108 cm³/mol. The number of cyclic esters (lactones) is 1. The van der Waals surface area contributed by atoms with Gasteiger partial charge in [0.1, 0.15) is 18.5 Å². The minimum atomic E-state index is -3.46. The highest BCUT2D eigenvalue weighted by molar-refractivity contribution is 5.70. The van der Waals surface area contributed by atoms with E-state index in [0.29, 0.717) is 36.7 Å². The van der Waals surface area contributed by atoms with Gasteiger partial charge < -0.3 is 14.3 Å². The van der Waals surface area contributed by atoms with Crippen LogP contribution in [-0.2, 0) is 17.1 Å². The third kappa shape index (κ3) is 4.67. The Balaban J connectivity index is 1.33. The molecule has 2 aromatic heterocycles. The topological polar surface area (TPSA) is 117 Å². The van der Waals surface area contributed by atoms with Crippen LogP contribution in [0.1, 0.15) is 17.7 Å². The molecule has 4 rings (SSSR count). The molecule has 0 spiro atoms. The van der Waals surface area contributed by atoms with Gasteiger partial charge in [-0.3, -0.25) is 4.90 Å². The zero-order chi connectivity index (χ0) is 22.6. The lowest BCUT2D eigenvalue weighted by Gasteiger charge is -2.22. The standard InChI is InChI=1S/C21H21F2N5O4/c22-21(23,14-5-2-1-3-6-14)18(29)11-8-15-13-31-20(30)28(15)12-4-7-16-9-10-17(32-16)19-24-26-27-25-19/h1-3,5-6,8-11,15,18,29H,4,7,12-13H2,(H,24,25,26,27). The van der Waals surface area contributed by atoms with Crippen molar-refractivity contribution in [3.05, 3.63) is 65.9 Å². The molecule has 9 nitrogen and oxygen atoms in total. The minimum absolute atomic E-state index is 0.0295. The van der Waals surface area contributed by atoms with Crippen molar-refractivity contribution < 1.29 is 27.8 Å². The summed E-state index contributed by atoms with van der Waals surface area (Å²) in [6.07, 6.45) is 0.919. The van der Waals surface area contributed by atoms with Crippen molar-refractivity contribution >= 4 is 6.09 Å². The van der Waals surface area contributed by atoms with Crippen molar-refractivity contribution in [2.45, 2.75) is 30.9 Å². The van der Waals surface area contributed by atoms with Gasteiger partial charge in [0, 0.05) is 18.5 Å². The molecule has 1 aliphatic rings. The first-order chi connectivity index (χ1) is 15.4.